The first kappa shape index (κ1) is 10.4. The fraction of sp³-hybridized carbons (Fsp3) is 0.100. The van der Waals surface area contributed by atoms with E-state index < -0.39 is 0 Å². The fourth-order valence-corrected chi connectivity index (χ4v) is 2.53. The number of aromatic nitrogens is 4. The van der Waals surface area contributed by atoms with Crippen LogP contribution in [0.3, 0.4) is 0 Å². The van der Waals surface area contributed by atoms with E-state index in [0.717, 1.165) is 28.2 Å². The molecule has 0 bridgehead atoms. The van der Waals surface area contributed by atoms with Crippen molar-refractivity contribution < 1.29 is 0 Å². The number of hydrogen-bond donors (Lipinski definition) is 2. The molecular formula is C10H8N4OS2. The molecule has 3 aromatic rings. The second-order valence-corrected chi connectivity index (χ2v) is 4.79. The molecule has 3 aromatic heterocycles. The highest BCUT2D eigenvalue weighted by Crippen LogP contribution is 2.12. The number of fused-ring (bicyclic) bond motifs is 1. The van der Waals surface area contributed by atoms with Crippen LogP contribution in [0.5, 0.6) is 0 Å². The van der Waals surface area contributed by atoms with Gasteiger partial charge in [-0.25, -0.2) is 4.98 Å². The second kappa shape index (κ2) is 3.94. The van der Waals surface area contributed by atoms with E-state index in [1.165, 1.54) is 0 Å². The summed E-state index contributed by atoms with van der Waals surface area (Å²) in [5.74, 6) is 0. The minimum atomic E-state index is -0.0562. The molecule has 0 spiro atoms. The Hall–Kier alpha value is -1.73. The van der Waals surface area contributed by atoms with Crippen molar-refractivity contribution in [2.75, 3.05) is 0 Å². The average Bonchev–Trinajstić information content (AvgIpc) is 2.85. The summed E-state index contributed by atoms with van der Waals surface area (Å²) in [4.78, 5) is 21.1. The van der Waals surface area contributed by atoms with Crippen molar-refractivity contribution in [2.45, 2.75) is 6.54 Å². The lowest BCUT2D eigenvalue weighted by molar-refractivity contribution is 0.780. The highest BCUT2D eigenvalue weighted by atomic mass is 32.1. The lowest BCUT2D eigenvalue weighted by atomic mass is 10.4. The third-order valence-corrected chi connectivity index (χ3v) is 3.47. The zero-order valence-electron chi connectivity index (χ0n) is 8.64. The first-order chi connectivity index (χ1) is 8.24. The number of thiazole rings is 1. The molecule has 0 atom stereocenters. The van der Waals surface area contributed by atoms with Gasteiger partial charge in [0.05, 0.1) is 12.1 Å². The molecule has 3 rings (SSSR count). The van der Waals surface area contributed by atoms with E-state index in [0.29, 0.717) is 11.3 Å². The number of hydrogen-bond acceptors (Lipinski definition) is 4. The first-order valence-corrected chi connectivity index (χ1v) is 6.23. The van der Waals surface area contributed by atoms with Crippen molar-refractivity contribution in [1.29, 1.82) is 0 Å². The summed E-state index contributed by atoms with van der Waals surface area (Å²) < 4.78 is 2.47. The Balaban J connectivity index is 2.14. The van der Waals surface area contributed by atoms with Gasteiger partial charge >= 0.3 is 4.87 Å². The van der Waals surface area contributed by atoms with E-state index in [1.807, 2.05) is 16.7 Å². The summed E-state index contributed by atoms with van der Waals surface area (Å²) in [5, 5.41) is 1.80. The Morgan fingerprint density at radius 3 is 3.12 bits per heavy atom. The molecule has 0 saturated heterocycles. The summed E-state index contributed by atoms with van der Waals surface area (Å²) >= 11 is 6.39. The summed E-state index contributed by atoms with van der Waals surface area (Å²) in [6.07, 6.45) is 1.72. The van der Waals surface area contributed by atoms with E-state index in [4.69, 9.17) is 12.2 Å². The van der Waals surface area contributed by atoms with Crippen molar-refractivity contribution in [3.63, 3.8) is 0 Å². The molecule has 2 N–H and O–H groups in total. The van der Waals surface area contributed by atoms with Crippen LogP contribution in [0.15, 0.2) is 28.5 Å². The number of aromatic amines is 2. The fourth-order valence-electron chi connectivity index (χ4n) is 1.70. The Kier molecular flexibility index (Phi) is 2.41. The molecule has 5 nitrogen and oxygen atoms in total. The van der Waals surface area contributed by atoms with E-state index in [2.05, 4.69) is 15.0 Å². The quantitative estimate of drug-likeness (QED) is 0.695. The van der Waals surface area contributed by atoms with Gasteiger partial charge in [-0.15, -0.1) is 0 Å². The molecule has 17 heavy (non-hydrogen) atoms. The summed E-state index contributed by atoms with van der Waals surface area (Å²) in [7, 11) is 0. The number of H-pyrrole nitrogens is 2. The molecular weight excluding hydrogens is 256 g/mol. The van der Waals surface area contributed by atoms with Crippen LogP contribution in [0.4, 0.5) is 0 Å². The zero-order chi connectivity index (χ0) is 11.8. The van der Waals surface area contributed by atoms with Gasteiger partial charge in [-0.3, -0.25) is 9.36 Å². The average molecular weight is 264 g/mol. The normalized spacial score (nSPS) is 11.1. The molecule has 0 unspecified atom stereocenters. The third-order valence-electron chi connectivity index (χ3n) is 2.43. The molecule has 0 saturated carbocycles. The standard InChI is InChI=1S/C10H8N4OS2/c15-10-12-6(5-17-10)4-14-8-7(13-9(14)16)2-1-3-11-8/h1-3,5H,4H2,(H,12,15)(H,13,16). The van der Waals surface area contributed by atoms with Crippen molar-refractivity contribution in [2.24, 2.45) is 0 Å². The molecule has 0 amide bonds. The highest BCUT2D eigenvalue weighted by molar-refractivity contribution is 7.71. The van der Waals surface area contributed by atoms with Gasteiger partial charge in [-0.2, -0.15) is 0 Å². The number of nitrogens with one attached hydrogen (secondary N) is 2. The van der Waals surface area contributed by atoms with E-state index in [-0.39, 0.29) is 4.87 Å². The minimum Gasteiger partial charge on any atom is -0.329 e. The Bertz CT molecular complexity index is 779. The number of nitrogens with zero attached hydrogens (tertiary/aromatic N) is 2. The highest BCUT2D eigenvalue weighted by Gasteiger charge is 2.06. The maximum Gasteiger partial charge on any atom is 0.304 e. The smallest absolute Gasteiger partial charge is 0.304 e. The molecule has 7 heteroatoms. The van der Waals surface area contributed by atoms with Crippen LogP contribution < -0.4 is 4.87 Å². The Morgan fingerprint density at radius 2 is 2.35 bits per heavy atom. The number of imidazole rings is 1. The molecule has 3 heterocycles. The van der Waals surface area contributed by atoms with Gasteiger partial charge in [-0.1, -0.05) is 11.3 Å². The van der Waals surface area contributed by atoms with E-state index in [1.54, 1.807) is 11.6 Å². The topological polar surface area (TPSA) is 66.5 Å². The first-order valence-electron chi connectivity index (χ1n) is 4.94. The number of pyridine rings is 1. The Morgan fingerprint density at radius 1 is 1.47 bits per heavy atom. The minimum absolute atomic E-state index is 0.0562. The van der Waals surface area contributed by atoms with Crippen LogP contribution in [0.25, 0.3) is 11.2 Å². The molecule has 0 fully saturated rings. The van der Waals surface area contributed by atoms with Crippen LogP contribution in [0, 0.1) is 4.77 Å². The van der Waals surface area contributed by atoms with E-state index in [9.17, 15) is 4.79 Å². The summed E-state index contributed by atoms with van der Waals surface area (Å²) in [5.41, 5.74) is 2.53. The molecule has 0 radical (unpaired) electrons. The largest absolute Gasteiger partial charge is 0.329 e. The van der Waals surface area contributed by atoms with Gasteiger partial charge in [0, 0.05) is 17.3 Å². The van der Waals surface area contributed by atoms with Crippen LogP contribution in [-0.4, -0.2) is 19.5 Å². The van der Waals surface area contributed by atoms with Gasteiger partial charge in [0.25, 0.3) is 0 Å². The van der Waals surface area contributed by atoms with Gasteiger partial charge < -0.3 is 9.97 Å². The van der Waals surface area contributed by atoms with Gasteiger partial charge in [0.1, 0.15) is 0 Å². The maximum atomic E-state index is 11.1. The van der Waals surface area contributed by atoms with Crippen LogP contribution in [-0.2, 0) is 6.54 Å². The van der Waals surface area contributed by atoms with Gasteiger partial charge in [0.15, 0.2) is 10.4 Å². The molecule has 0 aliphatic carbocycles. The van der Waals surface area contributed by atoms with Crippen molar-refractivity contribution in [3.8, 4) is 0 Å². The SMILES string of the molecule is O=c1[nH]c(Cn2c(=S)[nH]c3cccnc32)cs1. The third kappa shape index (κ3) is 1.83. The van der Waals surface area contributed by atoms with Crippen LogP contribution in [0.2, 0.25) is 0 Å². The van der Waals surface area contributed by atoms with Crippen molar-refractivity contribution >= 4 is 34.7 Å². The molecule has 0 aliphatic heterocycles. The Labute approximate surface area is 105 Å². The monoisotopic (exact) mass is 264 g/mol. The lowest BCUT2D eigenvalue weighted by Crippen LogP contribution is -2.03. The van der Waals surface area contributed by atoms with Gasteiger partial charge in [-0.05, 0) is 24.4 Å². The van der Waals surface area contributed by atoms with Crippen molar-refractivity contribution in [3.05, 3.63) is 43.8 Å². The molecule has 86 valence electrons. The zero-order valence-corrected chi connectivity index (χ0v) is 10.3. The molecule has 0 aromatic carbocycles. The van der Waals surface area contributed by atoms with Crippen LogP contribution in [0.1, 0.15) is 5.69 Å². The second-order valence-electron chi connectivity index (χ2n) is 3.56. The maximum absolute atomic E-state index is 11.1. The van der Waals surface area contributed by atoms with Gasteiger partial charge in [0.2, 0.25) is 0 Å². The number of rotatable bonds is 2. The lowest BCUT2D eigenvalue weighted by Gasteiger charge is -2.00. The predicted octanol–water partition coefficient (Wildman–Crippen LogP) is 1.89. The predicted molar refractivity (Wildman–Crippen MR) is 69.0 cm³/mol. The van der Waals surface area contributed by atoms with Crippen molar-refractivity contribution in [1.82, 2.24) is 19.5 Å². The summed E-state index contributed by atoms with van der Waals surface area (Å²) in [6.45, 7) is 0.522. The molecule has 0 aliphatic rings. The van der Waals surface area contributed by atoms with Crippen LogP contribution >= 0.6 is 23.6 Å². The van der Waals surface area contributed by atoms with E-state index >= 15 is 0 Å². The summed E-state index contributed by atoms with van der Waals surface area (Å²) in [6, 6.07) is 3.77.